The fourth-order valence-electron chi connectivity index (χ4n) is 5.12. The molecule has 0 bridgehead atoms. The standard InChI is InChI=1S/C30H34FN5O2/c1-20-15-26(32-19-27(20)36-14-9-33(5)29(36)38)25-18-22(31)17-24(28(25)37)21-7-6-8-23(16-21)34-10-12-35(13-11-34)30(2,3)4/h6-9,14-19,37H,10-13H2,1-5H3. The van der Waals surface area contributed by atoms with E-state index in [1.54, 1.807) is 31.7 Å². The Kier molecular flexibility index (Phi) is 6.61. The summed E-state index contributed by atoms with van der Waals surface area (Å²) in [4.78, 5) is 21.7. The van der Waals surface area contributed by atoms with Gasteiger partial charge in [-0.05, 0) is 69.2 Å². The van der Waals surface area contributed by atoms with E-state index >= 15 is 0 Å². The minimum Gasteiger partial charge on any atom is -0.507 e. The first-order chi connectivity index (χ1) is 18.0. The number of aromatic nitrogens is 3. The van der Waals surface area contributed by atoms with E-state index in [1.165, 1.54) is 21.3 Å². The van der Waals surface area contributed by atoms with E-state index in [9.17, 15) is 14.3 Å². The smallest absolute Gasteiger partial charge is 0.332 e. The zero-order valence-electron chi connectivity index (χ0n) is 22.6. The third kappa shape index (κ3) is 4.84. The Balaban J connectivity index is 1.47. The van der Waals surface area contributed by atoms with Crippen molar-refractivity contribution in [3.8, 4) is 33.8 Å². The van der Waals surface area contributed by atoms with Crippen LogP contribution in [-0.2, 0) is 7.05 Å². The van der Waals surface area contributed by atoms with Gasteiger partial charge in [0.2, 0.25) is 0 Å². The molecule has 5 rings (SSSR count). The molecule has 0 amide bonds. The SMILES string of the molecule is Cc1cc(-c2cc(F)cc(-c3cccc(N4CCN(C(C)(C)C)CC4)c3)c2O)ncc1-n1ccn(C)c1=O. The number of aromatic hydroxyl groups is 1. The van der Waals surface area contributed by atoms with Gasteiger partial charge in [-0.15, -0.1) is 0 Å². The van der Waals surface area contributed by atoms with Crippen molar-refractivity contribution in [1.82, 2.24) is 19.0 Å². The highest BCUT2D eigenvalue weighted by Crippen LogP contribution is 2.40. The molecule has 4 aromatic rings. The number of halogens is 1. The molecule has 0 atom stereocenters. The highest BCUT2D eigenvalue weighted by atomic mass is 19.1. The predicted molar refractivity (Wildman–Crippen MR) is 150 cm³/mol. The first kappa shape index (κ1) is 25.7. The van der Waals surface area contributed by atoms with Gasteiger partial charge in [0.25, 0.3) is 0 Å². The van der Waals surface area contributed by atoms with Crippen molar-refractivity contribution in [1.29, 1.82) is 0 Å². The maximum atomic E-state index is 14.9. The van der Waals surface area contributed by atoms with E-state index in [0.29, 0.717) is 22.5 Å². The van der Waals surface area contributed by atoms with Gasteiger partial charge in [-0.3, -0.25) is 14.5 Å². The van der Waals surface area contributed by atoms with Gasteiger partial charge in [0.1, 0.15) is 11.6 Å². The van der Waals surface area contributed by atoms with Gasteiger partial charge >= 0.3 is 5.69 Å². The lowest BCUT2D eigenvalue weighted by molar-refractivity contribution is 0.128. The number of hydrogen-bond donors (Lipinski definition) is 1. The van der Waals surface area contributed by atoms with Crippen LogP contribution in [0.3, 0.4) is 0 Å². The molecule has 1 aliphatic heterocycles. The van der Waals surface area contributed by atoms with Crippen molar-refractivity contribution in [2.45, 2.75) is 33.2 Å². The van der Waals surface area contributed by atoms with Crippen molar-refractivity contribution in [3.63, 3.8) is 0 Å². The van der Waals surface area contributed by atoms with Crippen molar-refractivity contribution in [2.24, 2.45) is 7.05 Å². The summed E-state index contributed by atoms with van der Waals surface area (Å²) in [6.07, 6.45) is 4.94. The monoisotopic (exact) mass is 515 g/mol. The Morgan fingerprint density at radius 2 is 1.68 bits per heavy atom. The molecule has 2 aromatic heterocycles. The minimum atomic E-state index is -0.459. The molecule has 7 nitrogen and oxygen atoms in total. The number of phenols is 1. The Labute approximate surface area is 222 Å². The minimum absolute atomic E-state index is 0.0300. The molecule has 3 heterocycles. The zero-order valence-corrected chi connectivity index (χ0v) is 22.6. The van der Waals surface area contributed by atoms with Crippen LogP contribution >= 0.6 is 0 Å². The first-order valence-electron chi connectivity index (χ1n) is 12.9. The lowest BCUT2D eigenvalue weighted by Crippen LogP contribution is -2.53. The van der Waals surface area contributed by atoms with E-state index in [1.807, 2.05) is 25.1 Å². The highest BCUT2D eigenvalue weighted by molar-refractivity contribution is 5.82. The van der Waals surface area contributed by atoms with E-state index in [-0.39, 0.29) is 17.0 Å². The molecule has 1 saturated heterocycles. The van der Waals surface area contributed by atoms with Gasteiger partial charge in [0.15, 0.2) is 0 Å². The number of benzene rings is 2. The predicted octanol–water partition coefficient (Wildman–Crippen LogP) is 4.98. The quantitative estimate of drug-likeness (QED) is 0.415. The van der Waals surface area contributed by atoms with Crippen LogP contribution < -0.4 is 10.6 Å². The third-order valence-electron chi connectivity index (χ3n) is 7.39. The lowest BCUT2D eigenvalue weighted by Gasteiger charge is -2.43. The number of phenolic OH excluding ortho intramolecular Hbond substituents is 1. The van der Waals surface area contributed by atoms with Gasteiger partial charge < -0.3 is 14.6 Å². The number of imidazole rings is 1. The molecule has 8 heteroatoms. The summed E-state index contributed by atoms with van der Waals surface area (Å²) in [6, 6.07) is 12.3. The van der Waals surface area contributed by atoms with E-state index < -0.39 is 5.82 Å². The van der Waals surface area contributed by atoms with Gasteiger partial charge in [-0.25, -0.2) is 9.18 Å². The van der Waals surface area contributed by atoms with E-state index in [4.69, 9.17) is 0 Å². The topological polar surface area (TPSA) is 66.5 Å². The fraction of sp³-hybridized carbons (Fsp3) is 0.333. The summed E-state index contributed by atoms with van der Waals surface area (Å²) in [5, 5.41) is 11.3. The first-order valence-corrected chi connectivity index (χ1v) is 12.9. The van der Waals surface area contributed by atoms with E-state index in [2.05, 4.69) is 41.6 Å². The van der Waals surface area contributed by atoms with Crippen molar-refractivity contribution >= 4 is 5.69 Å². The highest BCUT2D eigenvalue weighted by Gasteiger charge is 2.26. The summed E-state index contributed by atoms with van der Waals surface area (Å²) in [7, 11) is 1.68. The number of piperazine rings is 1. The van der Waals surface area contributed by atoms with Crippen LogP contribution in [0.2, 0.25) is 0 Å². The molecule has 0 saturated carbocycles. The van der Waals surface area contributed by atoms with Gasteiger partial charge in [-0.2, -0.15) is 0 Å². The van der Waals surface area contributed by atoms with Crippen LogP contribution in [0.1, 0.15) is 26.3 Å². The average Bonchev–Trinajstić information content (AvgIpc) is 3.22. The summed E-state index contributed by atoms with van der Waals surface area (Å²) in [6.45, 7) is 12.3. The molecule has 0 spiro atoms. The lowest BCUT2D eigenvalue weighted by atomic mass is 9.98. The summed E-state index contributed by atoms with van der Waals surface area (Å²) < 4.78 is 17.9. The van der Waals surface area contributed by atoms with Crippen LogP contribution in [0, 0.1) is 12.7 Å². The number of rotatable bonds is 4. The third-order valence-corrected chi connectivity index (χ3v) is 7.39. The molecule has 1 fully saturated rings. The second-order valence-electron chi connectivity index (χ2n) is 11.0. The molecule has 1 N–H and O–H groups in total. The molecule has 0 aliphatic carbocycles. The number of aryl methyl sites for hydroxylation is 2. The Bertz CT molecular complexity index is 1540. The zero-order chi connectivity index (χ0) is 27.2. The number of pyridine rings is 1. The van der Waals surface area contributed by atoms with Crippen LogP contribution in [0.5, 0.6) is 5.75 Å². The Morgan fingerprint density at radius 1 is 0.974 bits per heavy atom. The van der Waals surface area contributed by atoms with Crippen molar-refractivity contribution < 1.29 is 9.50 Å². The molecule has 198 valence electrons. The van der Waals surface area contributed by atoms with Gasteiger partial charge in [0.05, 0.1) is 17.6 Å². The Morgan fingerprint density at radius 3 is 2.32 bits per heavy atom. The number of anilines is 1. The van der Waals surface area contributed by atoms with Gasteiger partial charge in [-0.1, -0.05) is 12.1 Å². The van der Waals surface area contributed by atoms with Crippen LogP contribution in [0.4, 0.5) is 10.1 Å². The van der Waals surface area contributed by atoms with Crippen molar-refractivity contribution in [2.75, 3.05) is 31.1 Å². The summed E-state index contributed by atoms with van der Waals surface area (Å²) in [5.74, 6) is -0.488. The normalized spacial score (nSPS) is 14.7. The molecule has 0 radical (unpaired) electrons. The molecule has 2 aromatic carbocycles. The Hall–Kier alpha value is -3.91. The van der Waals surface area contributed by atoms with Crippen LogP contribution in [0.15, 0.2) is 65.8 Å². The number of hydrogen-bond acceptors (Lipinski definition) is 5. The largest absolute Gasteiger partial charge is 0.507 e. The molecular weight excluding hydrogens is 481 g/mol. The maximum absolute atomic E-state index is 14.9. The molecule has 1 aliphatic rings. The molecular formula is C30H34FN5O2. The fourth-order valence-corrected chi connectivity index (χ4v) is 5.12. The van der Waals surface area contributed by atoms with E-state index in [0.717, 1.165) is 43.0 Å². The van der Waals surface area contributed by atoms with Crippen LogP contribution in [-0.4, -0.2) is 55.8 Å². The molecule has 38 heavy (non-hydrogen) atoms. The van der Waals surface area contributed by atoms with Gasteiger partial charge in [0, 0.05) is 68.0 Å². The van der Waals surface area contributed by atoms with Crippen LogP contribution in [0.25, 0.3) is 28.1 Å². The average molecular weight is 516 g/mol. The number of nitrogens with zero attached hydrogens (tertiary/aromatic N) is 5. The summed E-state index contributed by atoms with van der Waals surface area (Å²) >= 11 is 0. The second kappa shape index (κ2) is 9.76. The maximum Gasteiger partial charge on any atom is 0.332 e. The second-order valence-corrected chi connectivity index (χ2v) is 11.0. The molecule has 0 unspecified atom stereocenters. The summed E-state index contributed by atoms with van der Waals surface area (Å²) in [5.41, 5.74) is 4.31. The van der Waals surface area contributed by atoms with Crippen molar-refractivity contribution in [3.05, 3.63) is 82.9 Å².